The summed E-state index contributed by atoms with van der Waals surface area (Å²) in [7, 11) is 3.20. The summed E-state index contributed by atoms with van der Waals surface area (Å²) in [5, 5.41) is 9.04. The lowest BCUT2D eigenvalue weighted by Crippen LogP contribution is -2.12. The summed E-state index contributed by atoms with van der Waals surface area (Å²) < 4.78 is 10.6. The largest absolute Gasteiger partial charge is 0.497 e. The number of rotatable bonds is 6. The van der Waals surface area contributed by atoms with Gasteiger partial charge >= 0.3 is 0 Å². The molecular weight excluding hydrogens is 396 g/mol. The van der Waals surface area contributed by atoms with Crippen molar-refractivity contribution in [2.45, 2.75) is 25.7 Å². The average molecular weight is 417 g/mol. The molecule has 0 fully saturated rings. The number of ether oxygens (including phenoxy) is 2. The van der Waals surface area contributed by atoms with Crippen LogP contribution in [0.1, 0.15) is 33.9 Å². The van der Waals surface area contributed by atoms with Crippen molar-refractivity contribution in [2.75, 3.05) is 24.9 Å². The number of methoxy groups -OCH3 is 2. The van der Waals surface area contributed by atoms with Crippen molar-refractivity contribution in [2.24, 2.45) is 0 Å². The zero-order valence-corrected chi connectivity index (χ0v) is 17.2. The lowest BCUT2D eigenvalue weighted by Gasteiger charge is -2.10. The molecule has 3 aromatic rings. The summed E-state index contributed by atoms with van der Waals surface area (Å²) in [6.07, 6.45) is 4.41. The van der Waals surface area contributed by atoms with Gasteiger partial charge in [0, 0.05) is 16.3 Å². The number of nitrogens with one attached hydrogen (secondary N) is 2. The molecule has 7 nitrogen and oxygen atoms in total. The minimum absolute atomic E-state index is 0.253. The quantitative estimate of drug-likeness (QED) is 0.616. The van der Waals surface area contributed by atoms with E-state index in [1.807, 2.05) is 12.1 Å². The van der Waals surface area contributed by atoms with Crippen molar-refractivity contribution in [1.82, 2.24) is 9.97 Å². The Balaban J connectivity index is 1.45. The van der Waals surface area contributed by atoms with Crippen LogP contribution in [0, 0.1) is 0 Å². The maximum absolute atomic E-state index is 12.5. The van der Waals surface area contributed by atoms with Crippen LogP contribution >= 0.6 is 22.7 Å². The minimum Gasteiger partial charge on any atom is -0.497 e. The molecule has 2 aromatic heterocycles. The zero-order chi connectivity index (χ0) is 19.5. The van der Waals surface area contributed by atoms with Crippen LogP contribution < -0.4 is 20.1 Å². The van der Waals surface area contributed by atoms with Crippen LogP contribution in [0.25, 0.3) is 0 Å². The van der Waals surface area contributed by atoms with Gasteiger partial charge in [-0.2, -0.15) is 0 Å². The number of hydrogen-bond acceptors (Lipinski definition) is 8. The highest BCUT2D eigenvalue weighted by atomic mass is 32.1. The predicted octanol–water partition coefficient (Wildman–Crippen LogP) is 4.49. The average Bonchev–Trinajstić information content (AvgIpc) is 3.34. The van der Waals surface area contributed by atoms with E-state index < -0.39 is 0 Å². The predicted molar refractivity (Wildman–Crippen MR) is 112 cm³/mol. The second kappa shape index (κ2) is 8.15. The van der Waals surface area contributed by atoms with Crippen molar-refractivity contribution in [1.29, 1.82) is 0 Å². The number of hydrogen-bond donors (Lipinski definition) is 2. The Morgan fingerprint density at radius 2 is 1.96 bits per heavy atom. The number of carbonyl (C=O) groups excluding carboxylic acids is 1. The number of aromatic nitrogens is 2. The van der Waals surface area contributed by atoms with Crippen LogP contribution in [0.5, 0.6) is 11.5 Å². The fraction of sp³-hybridized carbons (Fsp3) is 0.316. The first-order chi connectivity index (χ1) is 13.7. The fourth-order valence-electron chi connectivity index (χ4n) is 3.02. The monoisotopic (exact) mass is 416 g/mol. The standard InChI is InChI=1S/C19H20N4O3S2/c1-25-11-7-8-12(15(9-11)26-2)20-18-22-14(10-27-18)17(24)23-19-21-13-5-3-4-6-16(13)28-19/h7-10H,3-6H2,1-2H3,(H,20,22)(H,21,23,24). The second-order valence-corrected chi connectivity index (χ2v) is 8.22. The minimum atomic E-state index is -0.253. The molecule has 0 atom stereocenters. The van der Waals surface area contributed by atoms with E-state index in [1.54, 1.807) is 37.0 Å². The molecule has 1 aliphatic rings. The Bertz CT molecular complexity index is 975. The maximum Gasteiger partial charge on any atom is 0.276 e. The number of benzene rings is 1. The molecule has 1 aliphatic carbocycles. The first-order valence-electron chi connectivity index (χ1n) is 8.91. The Morgan fingerprint density at radius 3 is 2.75 bits per heavy atom. The summed E-state index contributed by atoms with van der Waals surface area (Å²) in [6, 6.07) is 5.46. The smallest absolute Gasteiger partial charge is 0.276 e. The Labute approximate surface area is 170 Å². The number of nitrogens with zero attached hydrogens (tertiary/aromatic N) is 2. The highest BCUT2D eigenvalue weighted by molar-refractivity contribution is 7.16. The Kier molecular flexibility index (Phi) is 5.45. The number of aryl methyl sites for hydroxylation is 2. The van der Waals surface area contributed by atoms with Gasteiger partial charge in [-0.05, 0) is 37.8 Å². The molecule has 2 heterocycles. The Hall–Kier alpha value is -2.65. The zero-order valence-electron chi connectivity index (χ0n) is 15.6. The summed E-state index contributed by atoms with van der Waals surface area (Å²) >= 11 is 2.92. The molecule has 9 heteroatoms. The number of amides is 1. The topological polar surface area (TPSA) is 85.4 Å². The summed E-state index contributed by atoms with van der Waals surface area (Å²) in [5.74, 6) is 1.08. The van der Waals surface area contributed by atoms with Gasteiger partial charge in [-0.15, -0.1) is 22.7 Å². The van der Waals surface area contributed by atoms with Gasteiger partial charge in [0.2, 0.25) is 0 Å². The fourth-order valence-corrected chi connectivity index (χ4v) is 4.77. The van der Waals surface area contributed by atoms with E-state index in [4.69, 9.17) is 9.47 Å². The van der Waals surface area contributed by atoms with Gasteiger partial charge in [0.1, 0.15) is 17.2 Å². The molecule has 1 amide bonds. The Morgan fingerprint density at radius 1 is 1.11 bits per heavy atom. The van der Waals surface area contributed by atoms with E-state index in [2.05, 4.69) is 20.6 Å². The molecule has 0 spiro atoms. The molecule has 0 unspecified atom stereocenters. The molecular formula is C19H20N4O3S2. The molecule has 0 saturated carbocycles. The number of fused-ring (bicyclic) bond motifs is 1. The number of carbonyl (C=O) groups is 1. The molecule has 2 N–H and O–H groups in total. The third kappa shape index (κ3) is 3.95. The third-order valence-electron chi connectivity index (χ3n) is 4.45. The van der Waals surface area contributed by atoms with Gasteiger partial charge in [0.25, 0.3) is 5.91 Å². The molecule has 146 valence electrons. The van der Waals surface area contributed by atoms with E-state index in [0.29, 0.717) is 27.5 Å². The van der Waals surface area contributed by atoms with E-state index >= 15 is 0 Å². The van der Waals surface area contributed by atoms with E-state index in [-0.39, 0.29) is 5.91 Å². The van der Waals surface area contributed by atoms with Gasteiger partial charge in [0.05, 0.1) is 25.6 Å². The third-order valence-corrected chi connectivity index (χ3v) is 6.28. The number of thiazole rings is 2. The molecule has 0 radical (unpaired) electrons. The SMILES string of the molecule is COc1ccc(Nc2nc(C(=O)Nc3nc4c(s3)CCCC4)cs2)c(OC)c1. The van der Waals surface area contributed by atoms with Crippen LogP contribution in [0.3, 0.4) is 0 Å². The van der Waals surface area contributed by atoms with Crippen molar-refractivity contribution in [3.63, 3.8) is 0 Å². The molecule has 0 aliphatic heterocycles. The van der Waals surface area contributed by atoms with E-state index in [9.17, 15) is 4.79 Å². The summed E-state index contributed by atoms with van der Waals surface area (Å²) in [6.45, 7) is 0. The lowest BCUT2D eigenvalue weighted by atomic mass is 10.0. The summed E-state index contributed by atoms with van der Waals surface area (Å²) in [4.78, 5) is 22.8. The normalized spacial score (nSPS) is 12.9. The molecule has 4 rings (SSSR count). The van der Waals surface area contributed by atoms with Gasteiger partial charge in [-0.25, -0.2) is 9.97 Å². The van der Waals surface area contributed by atoms with Gasteiger partial charge in [-0.3, -0.25) is 10.1 Å². The van der Waals surface area contributed by atoms with Crippen LogP contribution in [0.15, 0.2) is 23.6 Å². The van der Waals surface area contributed by atoms with Gasteiger partial charge in [0.15, 0.2) is 10.3 Å². The van der Waals surface area contributed by atoms with Crippen molar-refractivity contribution in [3.05, 3.63) is 39.8 Å². The van der Waals surface area contributed by atoms with Crippen LogP contribution in [0.4, 0.5) is 16.0 Å². The van der Waals surface area contributed by atoms with Gasteiger partial charge < -0.3 is 14.8 Å². The van der Waals surface area contributed by atoms with Crippen LogP contribution in [-0.4, -0.2) is 30.1 Å². The maximum atomic E-state index is 12.5. The van der Waals surface area contributed by atoms with E-state index in [1.165, 1.54) is 29.1 Å². The molecule has 28 heavy (non-hydrogen) atoms. The highest BCUT2D eigenvalue weighted by Crippen LogP contribution is 2.33. The number of anilines is 3. The first kappa shape index (κ1) is 18.7. The summed E-state index contributed by atoms with van der Waals surface area (Å²) in [5.41, 5.74) is 2.23. The van der Waals surface area contributed by atoms with Crippen molar-refractivity contribution in [3.8, 4) is 11.5 Å². The molecule has 1 aromatic carbocycles. The van der Waals surface area contributed by atoms with Crippen LogP contribution in [-0.2, 0) is 12.8 Å². The molecule has 0 bridgehead atoms. The van der Waals surface area contributed by atoms with Crippen molar-refractivity contribution < 1.29 is 14.3 Å². The molecule has 0 saturated heterocycles. The second-order valence-electron chi connectivity index (χ2n) is 6.28. The van der Waals surface area contributed by atoms with Crippen LogP contribution in [0.2, 0.25) is 0 Å². The van der Waals surface area contributed by atoms with Crippen molar-refractivity contribution >= 4 is 44.5 Å². The highest BCUT2D eigenvalue weighted by Gasteiger charge is 2.18. The van der Waals surface area contributed by atoms with Gasteiger partial charge in [-0.1, -0.05) is 0 Å². The lowest BCUT2D eigenvalue weighted by molar-refractivity contribution is 0.102. The first-order valence-corrected chi connectivity index (χ1v) is 10.6. The van der Waals surface area contributed by atoms with E-state index in [0.717, 1.165) is 24.2 Å².